The first-order chi connectivity index (χ1) is 13.6. The van der Waals surface area contributed by atoms with E-state index >= 15 is 0 Å². The van der Waals surface area contributed by atoms with Gasteiger partial charge in [-0.15, -0.1) is 0 Å². The van der Waals surface area contributed by atoms with Crippen LogP contribution in [-0.2, 0) is 17.8 Å². The van der Waals surface area contributed by atoms with Gasteiger partial charge in [0.05, 0.1) is 17.3 Å². The van der Waals surface area contributed by atoms with Gasteiger partial charge >= 0.3 is 0 Å². The lowest BCUT2D eigenvalue weighted by atomic mass is 9.92. The quantitative estimate of drug-likeness (QED) is 0.754. The maximum absolute atomic E-state index is 12.9. The summed E-state index contributed by atoms with van der Waals surface area (Å²) in [6.07, 6.45) is 4.77. The highest BCUT2D eigenvalue weighted by Crippen LogP contribution is 2.28. The van der Waals surface area contributed by atoms with Gasteiger partial charge in [0.2, 0.25) is 5.91 Å². The van der Waals surface area contributed by atoms with Crippen molar-refractivity contribution >= 4 is 16.7 Å². The number of carbonyl (C=O) groups is 1. The van der Waals surface area contributed by atoms with Crippen LogP contribution in [0.2, 0.25) is 0 Å². The third-order valence-corrected chi connectivity index (χ3v) is 5.65. The summed E-state index contributed by atoms with van der Waals surface area (Å²) in [6, 6.07) is 7.39. The number of H-pyrrole nitrogens is 1. The van der Waals surface area contributed by atoms with E-state index < -0.39 is 0 Å². The number of fused-ring (bicyclic) bond motifs is 1. The number of hydrogen-bond donors (Lipinski definition) is 1. The molecule has 2 aromatic heterocycles. The summed E-state index contributed by atoms with van der Waals surface area (Å²) in [5.41, 5.74) is 2.88. The SMILES string of the molecule is CCc1cn[nH]c1C1CCCN(C(=O)Cn2nc(C)c3ccccc3c2=O)C1. The minimum absolute atomic E-state index is 0.0269. The van der Waals surface area contributed by atoms with Crippen molar-refractivity contribution in [3.05, 3.63) is 57.8 Å². The Kier molecular flexibility index (Phi) is 4.98. The topological polar surface area (TPSA) is 83.9 Å². The molecule has 28 heavy (non-hydrogen) atoms. The van der Waals surface area contributed by atoms with Gasteiger partial charge in [0.15, 0.2) is 0 Å². The number of nitrogens with zero attached hydrogens (tertiary/aromatic N) is 4. The van der Waals surface area contributed by atoms with Crippen LogP contribution in [0.5, 0.6) is 0 Å². The molecular weight excluding hydrogens is 354 g/mol. The number of aromatic amines is 1. The molecule has 1 unspecified atom stereocenters. The molecule has 1 atom stereocenters. The molecule has 1 N–H and O–H groups in total. The summed E-state index contributed by atoms with van der Waals surface area (Å²) in [5.74, 6) is 0.199. The second kappa shape index (κ2) is 7.58. The summed E-state index contributed by atoms with van der Waals surface area (Å²) in [5, 5.41) is 13.1. The van der Waals surface area contributed by atoms with E-state index in [1.165, 1.54) is 10.2 Å². The van der Waals surface area contributed by atoms with Gasteiger partial charge in [0, 0.05) is 30.1 Å². The van der Waals surface area contributed by atoms with Gasteiger partial charge in [-0.2, -0.15) is 10.2 Å². The molecule has 1 aromatic carbocycles. The molecule has 1 amide bonds. The van der Waals surface area contributed by atoms with Crippen LogP contribution in [-0.4, -0.2) is 43.9 Å². The van der Waals surface area contributed by atoms with E-state index in [1.807, 2.05) is 36.2 Å². The number of benzene rings is 1. The predicted octanol–water partition coefficient (Wildman–Crippen LogP) is 2.40. The van der Waals surface area contributed by atoms with Crippen molar-refractivity contribution in [1.29, 1.82) is 0 Å². The zero-order valence-corrected chi connectivity index (χ0v) is 16.3. The smallest absolute Gasteiger partial charge is 0.275 e. The monoisotopic (exact) mass is 379 g/mol. The highest BCUT2D eigenvalue weighted by atomic mass is 16.2. The minimum atomic E-state index is -0.218. The molecule has 0 radical (unpaired) electrons. The molecule has 146 valence electrons. The van der Waals surface area contributed by atoms with Crippen LogP contribution in [0.4, 0.5) is 0 Å². The lowest BCUT2D eigenvalue weighted by molar-refractivity contribution is -0.133. The lowest BCUT2D eigenvalue weighted by Crippen LogP contribution is -2.42. The largest absolute Gasteiger partial charge is 0.340 e. The lowest BCUT2D eigenvalue weighted by Gasteiger charge is -2.32. The second-order valence-electron chi connectivity index (χ2n) is 7.44. The molecule has 0 saturated carbocycles. The van der Waals surface area contributed by atoms with E-state index in [9.17, 15) is 9.59 Å². The number of likely N-dealkylation sites (tertiary alicyclic amines) is 1. The molecule has 3 heterocycles. The fourth-order valence-corrected chi connectivity index (χ4v) is 4.14. The van der Waals surface area contributed by atoms with Crippen molar-refractivity contribution in [2.24, 2.45) is 0 Å². The Balaban J connectivity index is 1.55. The van der Waals surface area contributed by atoms with Crippen LogP contribution in [0.25, 0.3) is 10.8 Å². The van der Waals surface area contributed by atoms with Crippen LogP contribution in [0.1, 0.15) is 42.6 Å². The standard InChI is InChI=1S/C21H25N5O2/c1-3-15-11-22-23-20(15)16-7-6-10-25(12-16)19(27)13-26-21(28)18-9-5-4-8-17(18)14(2)24-26/h4-5,8-9,11,16H,3,6-7,10,12-13H2,1-2H3,(H,22,23). The fraction of sp³-hybridized carbons (Fsp3) is 0.429. The Morgan fingerprint density at radius 2 is 2.07 bits per heavy atom. The Morgan fingerprint density at radius 3 is 2.86 bits per heavy atom. The van der Waals surface area contributed by atoms with Crippen LogP contribution < -0.4 is 5.56 Å². The highest BCUT2D eigenvalue weighted by Gasteiger charge is 2.27. The van der Waals surface area contributed by atoms with E-state index in [0.29, 0.717) is 18.5 Å². The van der Waals surface area contributed by atoms with E-state index in [4.69, 9.17) is 0 Å². The number of nitrogens with one attached hydrogen (secondary N) is 1. The summed E-state index contributed by atoms with van der Waals surface area (Å²) in [7, 11) is 0. The molecule has 3 aromatic rings. The van der Waals surface area contributed by atoms with E-state index in [2.05, 4.69) is 22.2 Å². The molecular formula is C21H25N5O2. The van der Waals surface area contributed by atoms with Crippen LogP contribution in [0.3, 0.4) is 0 Å². The first-order valence-corrected chi connectivity index (χ1v) is 9.84. The molecule has 7 heteroatoms. The van der Waals surface area contributed by atoms with E-state index in [0.717, 1.165) is 36.0 Å². The second-order valence-corrected chi connectivity index (χ2v) is 7.44. The summed E-state index contributed by atoms with van der Waals surface area (Å²) in [4.78, 5) is 27.5. The third-order valence-electron chi connectivity index (χ3n) is 5.65. The van der Waals surface area contributed by atoms with Crippen molar-refractivity contribution in [3.63, 3.8) is 0 Å². The van der Waals surface area contributed by atoms with E-state index in [-0.39, 0.29) is 23.9 Å². The van der Waals surface area contributed by atoms with Gasteiger partial charge in [-0.25, -0.2) is 4.68 Å². The number of rotatable bonds is 4. The van der Waals surface area contributed by atoms with Gasteiger partial charge in [-0.1, -0.05) is 25.1 Å². The van der Waals surface area contributed by atoms with E-state index in [1.54, 1.807) is 6.07 Å². The normalized spacial score (nSPS) is 17.2. The first-order valence-electron chi connectivity index (χ1n) is 9.84. The number of aryl methyl sites for hydroxylation is 2. The third kappa shape index (κ3) is 3.32. The van der Waals surface area contributed by atoms with Crippen molar-refractivity contribution in [1.82, 2.24) is 24.9 Å². The molecule has 1 aliphatic rings. The molecule has 0 bridgehead atoms. The van der Waals surface area contributed by atoms with Crippen LogP contribution >= 0.6 is 0 Å². The Bertz CT molecular complexity index is 1070. The maximum atomic E-state index is 12.9. The molecule has 7 nitrogen and oxygen atoms in total. The highest BCUT2D eigenvalue weighted by molar-refractivity contribution is 5.83. The molecule has 0 spiro atoms. The summed E-state index contributed by atoms with van der Waals surface area (Å²) >= 11 is 0. The molecule has 4 rings (SSSR count). The van der Waals surface area contributed by atoms with Crippen molar-refractivity contribution in [3.8, 4) is 0 Å². The zero-order chi connectivity index (χ0) is 19.7. The van der Waals surface area contributed by atoms with Gasteiger partial charge in [-0.3, -0.25) is 14.7 Å². The van der Waals surface area contributed by atoms with Crippen molar-refractivity contribution < 1.29 is 4.79 Å². The predicted molar refractivity (Wildman–Crippen MR) is 107 cm³/mol. The maximum Gasteiger partial charge on any atom is 0.275 e. The van der Waals surface area contributed by atoms with Crippen molar-refractivity contribution in [2.45, 2.75) is 45.6 Å². The number of carbonyl (C=O) groups excluding carboxylic acids is 1. The van der Waals surface area contributed by atoms with Gasteiger partial charge < -0.3 is 4.90 Å². The zero-order valence-electron chi connectivity index (χ0n) is 16.3. The average molecular weight is 379 g/mol. The average Bonchev–Trinajstić information content (AvgIpc) is 3.21. The van der Waals surface area contributed by atoms with Crippen LogP contribution in [0, 0.1) is 6.92 Å². The molecule has 1 fully saturated rings. The number of amides is 1. The summed E-state index contributed by atoms with van der Waals surface area (Å²) in [6.45, 7) is 5.31. The Labute approximate surface area is 163 Å². The van der Waals surface area contributed by atoms with Gasteiger partial charge in [0.1, 0.15) is 6.54 Å². The number of piperidine rings is 1. The molecule has 1 aliphatic heterocycles. The summed E-state index contributed by atoms with van der Waals surface area (Å²) < 4.78 is 1.30. The van der Waals surface area contributed by atoms with Gasteiger partial charge in [0.25, 0.3) is 5.56 Å². The van der Waals surface area contributed by atoms with Crippen molar-refractivity contribution in [2.75, 3.05) is 13.1 Å². The Morgan fingerprint density at radius 1 is 1.29 bits per heavy atom. The molecule has 1 saturated heterocycles. The Hall–Kier alpha value is -2.96. The molecule has 0 aliphatic carbocycles. The number of aromatic nitrogens is 4. The number of hydrogen-bond acceptors (Lipinski definition) is 4. The fourth-order valence-electron chi connectivity index (χ4n) is 4.14. The van der Waals surface area contributed by atoms with Crippen LogP contribution in [0.15, 0.2) is 35.3 Å². The first kappa shape index (κ1) is 18.4. The van der Waals surface area contributed by atoms with Gasteiger partial charge in [-0.05, 0) is 37.8 Å². The minimum Gasteiger partial charge on any atom is -0.340 e.